The predicted molar refractivity (Wildman–Crippen MR) is 92.7 cm³/mol. The number of carbonyl (C=O) groups excluding carboxylic acids is 1. The van der Waals surface area contributed by atoms with E-state index in [9.17, 15) is 4.79 Å². The number of aryl methyl sites for hydroxylation is 3. The van der Waals surface area contributed by atoms with Crippen molar-refractivity contribution in [3.8, 4) is 0 Å². The SMILES string of the molecule is Cc1cccc(CN2CCN(C(=O)Cc3c(C)noc3C)CC2)c1. The summed E-state index contributed by atoms with van der Waals surface area (Å²) < 4.78 is 5.15. The number of benzene rings is 1. The van der Waals surface area contributed by atoms with Gasteiger partial charge in [-0.2, -0.15) is 0 Å². The van der Waals surface area contributed by atoms with Crippen LogP contribution < -0.4 is 0 Å². The number of hydrogen-bond acceptors (Lipinski definition) is 4. The molecule has 24 heavy (non-hydrogen) atoms. The van der Waals surface area contributed by atoms with Crippen molar-refractivity contribution >= 4 is 5.91 Å². The molecule has 1 amide bonds. The number of aromatic nitrogens is 1. The van der Waals surface area contributed by atoms with Crippen molar-refractivity contribution in [3.63, 3.8) is 0 Å². The lowest BCUT2D eigenvalue weighted by atomic mass is 10.1. The van der Waals surface area contributed by atoms with Gasteiger partial charge in [-0.3, -0.25) is 9.69 Å². The number of piperazine rings is 1. The topological polar surface area (TPSA) is 49.6 Å². The molecule has 1 aliphatic heterocycles. The molecule has 1 aromatic heterocycles. The normalized spacial score (nSPS) is 15.7. The smallest absolute Gasteiger partial charge is 0.227 e. The number of hydrogen-bond donors (Lipinski definition) is 0. The first kappa shape index (κ1) is 16.7. The van der Waals surface area contributed by atoms with Crippen molar-refractivity contribution in [1.29, 1.82) is 0 Å². The van der Waals surface area contributed by atoms with Gasteiger partial charge in [-0.05, 0) is 26.3 Å². The van der Waals surface area contributed by atoms with Crippen molar-refractivity contribution in [2.24, 2.45) is 0 Å². The second-order valence-corrected chi connectivity index (χ2v) is 6.63. The van der Waals surface area contributed by atoms with Gasteiger partial charge in [-0.1, -0.05) is 35.0 Å². The molecule has 0 aliphatic carbocycles. The Labute approximate surface area is 143 Å². The van der Waals surface area contributed by atoms with Crippen LogP contribution in [0.15, 0.2) is 28.8 Å². The summed E-state index contributed by atoms with van der Waals surface area (Å²) in [6.07, 6.45) is 0.388. The first-order valence-electron chi connectivity index (χ1n) is 8.50. The molecule has 5 nitrogen and oxygen atoms in total. The molecule has 0 spiro atoms. The first-order valence-corrected chi connectivity index (χ1v) is 8.50. The second kappa shape index (κ2) is 7.18. The Morgan fingerprint density at radius 3 is 2.54 bits per heavy atom. The Hall–Kier alpha value is -2.14. The highest BCUT2D eigenvalue weighted by molar-refractivity contribution is 5.79. The third kappa shape index (κ3) is 3.85. The third-order valence-corrected chi connectivity index (χ3v) is 4.72. The number of carbonyl (C=O) groups is 1. The van der Waals surface area contributed by atoms with Gasteiger partial charge in [0.05, 0.1) is 12.1 Å². The van der Waals surface area contributed by atoms with Crippen LogP contribution in [0.5, 0.6) is 0 Å². The first-order chi connectivity index (χ1) is 11.5. The number of amides is 1. The van der Waals surface area contributed by atoms with Crippen LogP contribution in [0.3, 0.4) is 0 Å². The van der Waals surface area contributed by atoms with Crippen LogP contribution >= 0.6 is 0 Å². The highest BCUT2D eigenvalue weighted by Gasteiger charge is 2.23. The zero-order chi connectivity index (χ0) is 17.1. The summed E-state index contributed by atoms with van der Waals surface area (Å²) in [6.45, 7) is 10.2. The van der Waals surface area contributed by atoms with E-state index in [-0.39, 0.29) is 5.91 Å². The van der Waals surface area contributed by atoms with Gasteiger partial charge in [0.2, 0.25) is 5.91 Å². The van der Waals surface area contributed by atoms with Gasteiger partial charge in [-0.25, -0.2) is 0 Å². The van der Waals surface area contributed by atoms with E-state index >= 15 is 0 Å². The monoisotopic (exact) mass is 327 g/mol. The molecule has 1 saturated heterocycles. The van der Waals surface area contributed by atoms with Gasteiger partial charge in [0.15, 0.2) is 0 Å². The Morgan fingerprint density at radius 1 is 1.17 bits per heavy atom. The van der Waals surface area contributed by atoms with E-state index in [0.29, 0.717) is 6.42 Å². The molecule has 1 aliphatic rings. The van der Waals surface area contributed by atoms with Crippen LogP contribution in [0.2, 0.25) is 0 Å². The third-order valence-electron chi connectivity index (χ3n) is 4.72. The molecule has 0 radical (unpaired) electrons. The Morgan fingerprint density at radius 2 is 1.92 bits per heavy atom. The van der Waals surface area contributed by atoms with Gasteiger partial charge in [0, 0.05) is 38.3 Å². The van der Waals surface area contributed by atoms with Gasteiger partial charge in [0.1, 0.15) is 5.76 Å². The minimum atomic E-state index is 0.166. The van der Waals surface area contributed by atoms with E-state index in [1.165, 1.54) is 11.1 Å². The van der Waals surface area contributed by atoms with Crippen LogP contribution in [0.25, 0.3) is 0 Å². The molecule has 0 bridgehead atoms. The van der Waals surface area contributed by atoms with Crippen LogP contribution in [-0.2, 0) is 17.8 Å². The van der Waals surface area contributed by atoms with E-state index in [2.05, 4.69) is 41.2 Å². The summed E-state index contributed by atoms with van der Waals surface area (Å²) in [7, 11) is 0. The summed E-state index contributed by atoms with van der Waals surface area (Å²) in [5, 5.41) is 3.93. The lowest BCUT2D eigenvalue weighted by Crippen LogP contribution is -2.48. The number of rotatable bonds is 4. The molecular weight excluding hydrogens is 302 g/mol. The lowest BCUT2D eigenvalue weighted by Gasteiger charge is -2.34. The largest absolute Gasteiger partial charge is 0.361 e. The van der Waals surface area contributed by atoms with Crippen molar-refractivity contribution in [2.75, 3.05) is 26.2 Å². The molecule has 2 heterocycles. The van der Waals surface area contributed by atoms with Crippen LogP contribution in [0.4, 0.5) is 0 Å². The zero-order valence-electron chi connectivity index (χ0n) is 14.7. The van der Waals surface area contributed by atoms with E-state index < -0.39 is 0 Å². The van der Waals surface area contributed by atoms with Crippen LogP contribution in [0, 0.1) is 20.8 Å². The number of nitrogens with zero attached hydrogens (tertiary/aromatic N) is 3. The molecule has 0 atom stereocenters. The molecule has 2 aromatic rings. The lowest BCUT2D eigenvalue weighted by molar-refractivity contribution is -0.132. The average Bonchev–Trinajstić information content (AvgIpc) is 2.87. The Kier molecular flexibility index (Phi) is 5.00. The Bertz CT molecular complexity index is 696. The Balaban J connectivity index is 1.52. The van der Waals surface area contributed by atoms with E-state index in [1.807, 2.05) is 18.7 Å². The quantitative estimate of drug-likeness (QED) is 0.866. The summed E-state index contributed by atoms with van der Waals surface area (Å²) in [6, 6.07) is 8.62. The highest BCUT2D eigenvalue weighted by atomic mass is 16.5. The average molecular weight is 327 g/mol. The van der Waals surface area contributed by atoms with Gasteiger partial charge in [-0.15, -0.1) is 0 Å². The fourth-order valence-electron chi connectivity index (χ4n) is 3.24. The van der Waals surface area contributed by atoms with Crippen molar-refractivity contribution in [1.82, 2.24) is 15.0 Å². The molecule has 0 saturated carbocycles. The molecular formula is C19H25N3O2. The van der Waals surface area contributed by atoms with Crippen molar-refractivity contribution in [2.45, 2.75) is 33.7 Å². The molecule has 3 rings (SSSR count). The summed E-state index contributed by atoms with van der Waals surface area (Å²) >= 11 is 0. The fourth-order valence-corrected chi connectivity index (χ4v) is 3.24. The van der Waals surface area contributed by atoms with E-state index in [1.54, 1.807) is 0 Å². The predicted octanol–water partition coefficient (Wildman–Crippen LogP) is 2.49. The van der Waals surface area contributed by atoms with Gasteiger partial charge < -0.3 is 9.42 Å². The molecule has 1 fully saturated rings. The summed E-state index contributed by atoms with van der Waals surface area (Å²) in [5.41, 5.74) is 4.38. The molecule has 1 aromatic carbocycles. The van der Waals surface area contributed by atoms with E-state index in [4.69, 9.17) is 4.52 Å². The molecule has 0 N–H and O–H groups in total. The van der Waals surface area contributed by atoms with Gasteiger partial charge in [0.25, 0.3) is 0 Å². The standard InChI is InChI=1S/C19H25N3O2/c1-14-5-4-6-17(11-14)13-21-7-9-22(10-8-21)19(23)12-18-15(2)20-24-16(18)3/h4-6,11H,7-10,12-13H2,1-3H3. The molecule has 128 valence electrons. The van der Waals surface area contributed by atoms with Crippen LogP contribution in [-0.4, -0.2) is 47.0 Å². The maximum atomic E-state index is 12.5. The molecule has 5 heteroatoms. The van der Waals surface area contributed by atoms with E-state index in [0.717, 1.165) is 49.7 Å². The van der Waals surface area contributed by atoms with Gasteiger partial charge >= 0.3 is 0 Å². The van der Waals surface area contributed by atoms with Crippen molar-refractivity contribution < 1.29 is 9.32 Å². The minimum absolute atomic E-state index is 0.166. The highest BCUT2D eigenvalue weighted by Crippen LogP contribution is 2.15. The maximum Gasteiger partial charge on any atom is 0.227 e. The molecule has 0 unspecified atom stereocenters. The summed E-state index contributed by atoms with van der Waals surface area (Å²) in [4.78, 5) is 16.9. The van der Waals surface area contributed by atoms with Crippen LogP contribution in [0.1, 0.15) is 28.1 Å². The second-order valence-electron chi connectivity index (χ2n) is 6.63. The minimum Gasteiger partial charge on any atom is -0.361 e. The fraction of sp³-hybridized carbons (Fsp3) is 0.474. The summed E-state index contributed by atoms with van der Waals surface area (Å²) in [5.74, 6) is 0.915. The maximum absolute atomic E-state index is 12.5. The zero-order valence-corrected chi connectivity index (χ0v) is 14.7. The van der Waals surface area contributed by atoms with Crippen molar-refractivity contribution in [3.05, 3.63) is 52.4 Å².